The maximum Gasteiger partial charge on any atom is 0.160 e. The lowest BCUT2D eigenvalue weighted by molar-refractivity contribution is -0.233. The van der Waals surface area contributed by atoms with Crippen molar-refractivity contribution in [3.05, 3.63) is 0 Å². The molecule has 0 fully saturated rings. The number of rotatable bonds is 16. The maximum atomic E-state index is 6.01. The van der Waals surface area contributed by atoms with Crippen molar-refractivity contribution in [2.45, 2.75) is 101 Å². The van der Waals surface area contributed by atoms with Crippen LogP contribution in [0, 0.1) is 11.8 Å². The van der Waals surface area contributed by atoms with Gasteiger partial charge in [0.05, 0.1) is 0 Å². The molecule has 0 aromatic rings. The molecule has 0 aromatic heterocycles. The molecule has 0 amide bonds. The van der Waals surface area contributed by atoms with Crippen LogP contribution in [0.4, 0.5) is 0 Å². The van der Waals surface area contributed by atoms with E-state index in [4.69, 9.17) is 14.2 Å². The summed E-state index contributed by atoms with van der Waals surface area (Å²) in [6.45, 7) is 9.04. The first-order chi connectivity index (χ1) is 11.8. The van der Waals surface area contributed by atoms with Crippen molar-refractivity contribution in [2.75, 3.05) is 14.2 Å². The van der Waals surface area contributed by atoms with Crippen molar-refractivity contribution in [1.82, 2.24) is 0 Å². The van der Waals surface area contributed by atoms with Crippen LogP contribution in [0.15, 0.2) is 0 Å². The summed E-state index contributed by atoms with van der Waals surface area (Å²) in [4.78, 5) is 1.18. The van der Waals surface area contributed by atoms with Crippen molar-refractivity contribution in [1.29, 1.82) is 0 Å². The Morgan fingerprint density at radius 3 is 1.28 bits per heavy atom. The zero-order valence-electron chi connectivity index (χ0n) is 17.1. The second-order valence-electron chi connectivity index (χ2n) is 7.57. The molecule has 0 N–H and O–H groups in total. The van der Waals surface area contributed by atoms with Gasteiger partial charge >= 0.3 is 0 Å². The molecule has 6 atom stereocenters. The minimum Gasteiger partial charge on any atom is -0.356 e. The van der Waals surface area contributed by atoms with Gasteiger partial charge in [0.15, 0.2) is 12.6 Å². The highest BCUT2D eigenvalue weighted by molar-refractivity contribution is 9.09. The summed E-state index contributed by atoms with van der Waals surface area (Å²) in [5, 5.41) is 0. The molecular formula is C20H40Br2O3. The molecule has 0 radical (unpaired) electrons. The molecule has 6 unspecified atom stereocenters. The molecule has 3 nitrogen and oxygen atoms in total. The van der Waals surface area contributed by atoms with Gasteiger partial charge in [-0.05, 0) is 50.4 Å². The van der Waals surface area contributed by atoms with Crippen LogP contribution in [0.3, 0.4) is 0 Å². The van der Waals surface area contributed by atoms with Crippen LogP contribution in [-0.2, 0) is 14.2 Å². The lowest BCUT2D eigenvalue weighted by atomic mass is 9.99. The first-order valence-corrected chi connectivity index (χ1v) is 11.6. The van der Waals surface area contributed by atoms with E-state index in [1.165, 1.54) is 25.7 Å². The Kier molecular flexibility index (Phi) is 16.4. The van der Waals surface area contributed by atoms with E-state index in [9.17, 15) is 0 Å². The van der Waals surface area contributed by atoms with E-state index in [0.29, 0.717) is 9.65 Å². The van der Waals surface area contributed by atoms with Crippen LogP contribution in [-0.4, -0.2) is 36.5 Å². The number of hydrogen-bond donors (Lipinski definition) is 0. The summed E-state index contributed by atoms with van der Waals surface area (Å²) < 4.78 is 17.0. The minimum absolute atomic E-state index is 0.168. The molecule has 0 aromatic carbocycles. The second kappa shape index (κ2) is 15.9. The normalized spacial score (nSPS) is 19.2. The summed E-state index contributed by atoms with van der Waals surface area (Å²) in [5.41, 5.74) is 0. The molecule has 0 bridgehead atoms. The van der Waals surface area contributed by atoms with Gasteiger partial charge in [0.25, 0.3) is 0 Å². The fourth-order valence-electron chi connectivity index (χ4n) is 3.26. The second-order valence-corrected chi connectivity index (χ2v) is 10.7. The average molecular weight is 488 g/mol. The topological polar surface area (TPSA) is 27.7 Å². The number of halogens is 2. The lowest BCUT2D eigenvalue weighted by Gasteiger charge is -2.24. The van der Waals surface area contributed by atoms with Gasteiger partial charge in [0, 0.05) is 23.9 Å². The van der Waals surface area contributed by atoms with Gasteiger partial charge in [-0.2, -0.15) is 0 Å². The number of alkyl halides is 2. The summed E-state index contributed by atoms with van der Waals surface area (Å²) >= 11 is 7.26. The van der Waals surface area contributed by atoms with Crippen molar-refractivity contribution in [2.24, 2.45) is 11.8 Å². The molecule has 0 heterocycles. The largest absolute Gasteiger partial charge is 0.356 e. The summed E-state index contributed by atoms with van der Waals surface area (Å²) in [6, 6.07) is 0. The standard InChI is InChI=1S/C20H40Br2O3/c1-15(13-17(3)21)9-7-11-19(23-5)25-20(24-6)12-8-10-16(2)14-18(4)22/h15-20H,7-14H2,1-6H3. The molecule has 5 heteroatoms. The Morgan fingerprint density at radius 1 is 0.640 bits per heavy atom. The van der Waals surface area contributed by atoms with Gasteiger partial charge in [0.1, 0.15) is 0 Å². The third kappa shape index (κ3) is 15.6. The van der Waals surface area contributed by atoms with Crippen molar-refractivity contribution in [3.63, 3.8) is 0 Å². The fourth-order valence-corrected chi connectivity index (χ4v) is 4.54. The van der Waals surface area contributed by atoms with E-state index >= 15 is 0 Å². The molecule has 25 heavy (non-hydrogen) atoms. The molecule has 0 spiro atoms. The zero-order chi connectivity index (χ0) is 19.2. The first-order valence-electron chi connectivity index (χ1n) is 9.77. The molecule has 0 saturated carbocycles. The van der Waals surface area contributed by atoms with Gasteiger partial charge in [0.2, 0.25) is 0 Å². The molecule has 0 aliphatic heterocycles. The van der Waals surface area contributed by atoms with Crippen LogP contribution < -0.4 is 0 Å². The van der Waals surface area contributed by atoms with Crippen molar-refractivity contribution >= 4 is 31.9 Å². The number of methoxy groups -OCH3 is 2. The van der Waals surface area contributed by atoms with Gasteiger partial charge in [-0.3, -0.25) is 0 Å². The Bertz CT molecular complexity index is 273. The highest BCUT2D eigenvalue weighted by Crippen LogP contribution is 2.22. The Morgan fingerprint density at radius 2 is 1.00 bits per heavy atom. The lowest BCUT2D eigenvalue weighted by Crippen LogP contribution is -2.25. The summed E-state index contributed by atoms with van der Waals surface area (Å²) in [5.74, 6) is 1.45. The fraction of sp³-hybridized carbons (Fsp3) is 1.00. The van der Waals surface area contributed by atoms with E-state index in [1.54, 1.807) is 14.2 Å². The Balaban J connectivity index is 4.03. The maximum absolute atomic E-state index is 6.01. The van der Waals surface area contributed by atoms with Crippen molar-refractivity contribution < 1.29 is 14.2 Å². The van der Waals surface area contributed by atoms with Gasteiger partial charge < -0.3 is 14.2 Å². The molecule has 0 aliphatic rings. The zero-order valence-corrected chi connectivity index (χ0v) is 20.3. The van der Waals surface area contributed by atoms with Gasteiger partial charge in [-0.25, -0.2) is 0 Å². The summed E-state index contributed by atoms with van der Waals surface area (Å²) in [6.07, 6.45) is 8.60. The molecular weight excluding hydrogens is 448 g/mol. The van der Waals surface area contributed by atoms with Crippen LogP contribution >= 0.6 is 31.9 Å². The molecule has 152 valence electrons. The van der Waals surface area contributed by atoms with Crippen LogP contribution in [0.2, 0.25) is 0 Å². The van der Waals surface area contributed by atoms with Gasteiger partial charge in [-0.15, -0.1) is 0 Å². The monoisotopic (exact) mass is 486 g/mol. The molecule has 0 saturated heterocycles. The SMILES string of the molecule is COC(CCCC(C)CC(C)Br)OC(CCCC(C)CC(C)Br)OC. The quantitative estimate of drug-likeness (QED) is 0.175. The van der Waals surface area contributed by atoms with E-state index < -0.39 is 0 Å². The third-order valence-electron chi connectivity index (χ3n) is 4.56. The average Bonchev–Trinajstić information content (AvgIpc) is 2.50. The van der Waals surface area contributed by atoms with Gasteiger partial charge in [-0.1, -0.05) is 72.4 Å². The Hall–Kier alpha value is 0.840. The number of ether oxygens (including phenoxy) is 3. The van der Waals surface area contributed by atoms with E-state index in [2.05, 4.69) is 59.6 Å². The first kappa shape index (κ1) is 25.8. The van der Waals surface area contributed by atoms with E-state index in [1.807, 2.05) is 0 Å². The highest BCUT2D eigenvalue weighted by Gasteiger charge is 2.17. The predicted octanol–water partition coefficient (Wildman–Crippen LogP) is 6.91. The predicted molar refractivity (Wildman–Crippen MR) is 115 cm³/mol. The molecule has 0 aliphatic carbocycles. The van der Waals surface area contributed by atoms with Crippen LogP contribution in [0.25, 0.3) is 0 Å². The third-order valence-corrected chi connectivity index (χ3v) is 5.30. The highest BCUT2D eigenvalue weighted by atomic mass is 79.9. The minimum atomic E-state index is -0.168. The molecule has 0 rings (SSSR count). The van der Waals surface area contributed by atoms with E-state index in [-0.39, 0.29) is 12.6 Å². The Labute approximate surface area is 173 Å². The summed E-state index contributed by atoms with van der Waals surface area (Å²) in [7, 11) is 3.45. The van der Waals surface area contributed by atoms with Crippen LogP contribution in [0.5, 0.6) is 0 Å². The van der Waals surface area contributed by atoms with Crippen LogP contribution in [0.1, 0.15) is 79.1 Å². The number of hydrogen-bond acceptors (Lipinski definition) is 3. The van der Waals surface area contributed by atoms with E-state index in [0.717, 1.165) is 37.5 Å². The van der Waals surface area contributed by atoms with Crippen molar-refractivity contribution in [3.8, 4) is 0 Å². The smallest absolute Gasteiger partial charge is 0.160 e.